The number of nitrogens with zero attached hydrogens (tertiary/aromatic N) is 3. The van der Waals surface area contributed by atoms with E-state index in [1.165, 1.54) is 24.0 Å². The lowest BCUT2D eigenvalue weighted by molar-refractivity contribution is -0.0165. The Morgan fingerprint density at radius 3 is 1.91 bits per heavy atom. The Morgan fingerprint density at radius 2 is 1.39 bits per heavy atom. The van der Waals surface area contributed by atoms with Crippen LogP contribution in [0, 0.1) is 10.8 Å². The van der Waals surface area contributed by atoms with Crippen LogP contribution >= 0.6 is 0 Å². The molecule has 0 atom stereocenters. The van der Waals surface area contributed by atoms with Gasteiger partial charge in [0.05, 0.1) is 36.5 Å². The van der Waals surface area contributed by atoms with Crippen molar-refractivity contribution >= 4 is 0 Å². The van der Waals surface area contributed by atoms with Crippen molar-refractivity contribution < 1.29 is 13.9 Å². The van der Waals surface area contributed by atoms with Crippen LogP contribution in [-0.2, 0) is 17.8 Å². The molecule has 3 aromatic rings. The summed E-state index contributed by atoms with van der Waals surface area (Å²) in [5.74, 6) is 3.25. The average Bonchev–Trinajstić information content (AvgIpc) is 3.41. The van der Waals surface area contributed by atoms with Crippen LogP contribution in [0.1, 0.15) is 169 Å². The summed E-state index contributed by atoms with van der Waals surface area (Å²) in [6.45, 7) is 33.9. The summed E-state index contributed by atoms with van der Waals surface area (Å²) in [5, 5.41) is 0. The fourth-order valence-electron chi connectivity index (χ4n) is 4.09. The number of aromatic nitrogens is 3. The fraction of sp³-hybridized carbons (Fsp3) is 0.675. The van der Waals surface area contributed by atoms with Gasteiger partial charge in [-0.25, -0.2) is 9.97 Å². The van der Waals surface area contributed by atoms with Gasteiger partial charge in [-0.15, -0.1) is 0 Å². The van der Waals surface area contributed by atoms with E-state index in [-0.39, 0.29) is 5.60 Å². The highest BCUT2D eigenvalue weighted by atomic mass is 16.5. The van der Waals surface area contributed by atoms with Crippen molar-refractivity contribution in [3.8, 4) is 5.88 Å². The van der Waals surface area contributed by atoms with E-state index >= 15 is 0 Å². The van der Waals surface area contributed by atoms with Crippen molar-refractivity contribution in [3.63, 3.8) is 0 Å². The molecule has 0 radical (unpaired) electrons. The van der Waals surface area contributed by atoms with E-state index in [1.54, 1.807) is 6.33 Å². The molecule has 3 rings (SSSR count). The van der Waals surface area contributed by atoms with Crippen molar-refractivity contribution in [3.05, 3.63) is 71.3 Å². The SMILES string of the molecule is CC(C)c1cc(CCCC(C)(C)C)co1.CC(C)c1cc(OCCC(C)(C)C)ncn1.CC(C)c1ccnc(COC(C)(C)C)c1. The molecule has 0 N–H and O–H groups in total. The maximum atomic E-state index is 5.69. The smallest absolute Gasteiger partial charge is 0.216 e. The van der Waals surface area contributed by atoms with Crippen molar-refractivity contribution in [1.29, 1.82) is 0 Å². The molecule has 3 heterocycles. The molecule has 6 nitrogen and oxygen atoms in total. The Morgan fingerprint density at radius 1 is 0.739 bits per heavy atom. The summed E-state index contributed by atoms with van der Waals surface area (Å²) in [4.78, 5) is 12.6. The standard InChI is InChI=1S/C14H24O.C13H22N2O.C13H21NO/c1-11(2)13-9-12(10-15-13)7-6-8-14(3,4)5;1-10(2)11-8-12(15-9-14-11)16-7-6-13(3,4)5;1-10(2)11-6-7-14-12(8-11)9-15-13(3,4)5/h9-11H,6-8H2,1-5H3;8-10H,6-7H2,1-5H3;6-8,10H,9H2,1-5H3. The quantitative estimate of drug-likeness (QED) is 0.208. The zero-order valence-electron chi connectivity index (χ0n) is 32.1. The number of furan rings is 1. The van der Waals surface area contributed by atoms with Crippen LogP contribution in [0.25, 0.3) is 0 Å². The Hall–Kier alpha value is -2.73. The van der Waals surface area contributed by atoms with Gasteiger partial charge in [-0.3, -0.25) is 4.98 Å². The zero-order valence-corrected chi connectivity index (χ0v) is 32.1. The second kappa shape index (κ2) is 19.2. The first-order valence-electron chi connectivity index (χ1n) is 17.3. The number of ether oxygens (including phenoxy) is 2. The molecule has 3 aromatic heterocycles. The van der Waals surface area contributed by atoms with Gasteiger partial charge in [0.15, 0.2) is 0 Å². The molecule has 46 heavy (non-hydrogen) atoms. The van der Waals surface area contributed by atoms with Gasteiger partial charge >= 0.3 is 0 Å². The lowest BCUT2D eigenvalue weighted by atomic mass is 9.89. The highest BCUT2D eigenvalue weighted by molar-refractivity contribution is 5.19. The first-order valence-corrected chi connectivity index (χ1v) is 17.3. The molecule has 0 aliphatic rings. The molecule has 0 aliphatic heterocycles. The van der Waals surface area contributed by atoms with Gasteiger partial charge in [0.1, 0.15) is 12.1 Å². The lowest BCUT2D eigenvalue weighted by Crippen LogP contribution is -2.19. The summed E-state index contributed by atoms with van der Waals surface area (Å²) >= 11 is 0. The van der Waals surface area contributed by atoms with E-state index in [2.05, 4.69) is 137 Å². The van der Waals surface area contributed by atoms with E-state index in [4.69, 9.17) is 13.9 Å². The molecule has 0 saturated carbocycles. The summed E-state index contributed by atoms with van der Waals surface area (Å²) in [6, 6.07) is 8.31. The minimum atomic E-state index is -0.102. The summed E-state index contributed by atoms with van der Waals surface area (Å²) in [5.41, 5.74) is 5.35. The van der Waals surface area contributed by atoms with Gasteiger partial charge < -0.3 is 13.9 Å². The molecule has 6 heteroatoms. The number of pyridine rings is 1. The van der Waals surface area contributed by atoms with Crippen molar-refractivity contribution in [2.45, 2.75) is 160 Å². The largest absolute Gasteiger partial charge is 0.478 e. The predicted molar refractivity (Wildman–Crippen MR) is 194 cm³/mol. The highest BCUT2D eigenvalue weighted by Gasteiger charge is 2.13. The zero-order chi connectivity index (χ0) is 35.1. The molecule has 0 fully saturated rings. The highest BCUT2D eigenvalue weighted by Crippen LogP contribution is 2.24. The van der Waals surface area contributed by atoms with Gasteiger partial charge in [0, 0.05) is 18.2 Å². The summed E-state index contributed by atoms with van der Waals surface area (Å²) in [7, 11) is 0. The first-order chi connectivity index (χ1) is 21.1. The number of aryl methyl sites for hydroxylation is 1. The Kier molecular flexibility index (Phi) is 17.2. The monoisotopic (exact) mass is 638 g/mol. The minimum Gasteiger partial charge on any atom is -0.478 e. The van der Waals surface area contributed by atoms with Gasteiger partial charge in [0.25, 0.3) is 0 Å². The number of hydrogen-bond acceptors (Lipinski definition) is 6. The van der Waals surface area contributed by atoms with Crippen LogP contribution in [0.3, 0.4) is 0 Å². The molecule has 0 aliphatic carbocycles. The fourth-order valence-corrected chi connectivity index (χ4v) is 4.09. The maximum Gasteiger partial charge on any atom is 0.216 e. The molecular weight excluding hydrogens is 570 g/mol. The molecule has 0 aromatic carbocycles. The lowest BCUT2D eigenvalue weighted by Gasteiger charge is -2.19. The van der Waals surface area contributed by atoms with Crippen molar-refractivity contribution in [2.24, 2.45) is 10.8 Å². The maximum absolute atomic E-state index is 5.69. The van der Waals surface area contributed by atoms with E-state index < -0.39 is 0 Å². The molecule has 0 amide bonds. The number of rotatable bonds is 11. The third kappa shape index (κ3) is 19.7. The normalized spacial score (nSPS) is 12.1. The molecule has 0 spiro atoms. The topological polar surface area (TPSA) is 70.3 Å². The van der Waals surface area contributed by atoms with Crippen LogP contribution < -0.4 is 4.74 Å². The second-order valence-corrected chi connectivity index (χ2v) is 16.7. The third-order valence-corrected chi connectivity index (χ3v) is 7.15. The van der Waals surface area contributed by atoms with Crippen LogP contribution in [0.15, 0.2) is 47.5 Å². The Labute approximate surface area is 282 Å². The molecule has 260 valence electrons. The molecular formula is C40H67N3O3. The van der Waals surface area contributed by atoms with Crippen LogP contribution in [-0.4, -0.2) is 27.2 Å². The van der Waals surface area contributed by atoms with Crippen LogP contribution in [0.4, 0.5) is 0 Å². The molecule has 0 unspecified atom stereocenters. The van der Waals surface area contributed by atoms with E-state index in [0.717, 1.165) is 30.0 Å². The predicted octanol–water partition coefficient (Wildman–Crippen LogP) is 11.7. The summed E-state index contributed by atoms with van der Waals surface area (Å²) < 4.78 is 16.8. The molecule has 0 saturated heterocycles. The minimum absolute atomic E-state index is 0.102. The third-order valence-electron chi connectivity index (χ3n) is 7.15. The van der Waals surface area contributed by atoms with E-state index in [9.17, 15) is 0 Å². The van der Waals surface area contributed by atoms with Gasteiger partial charge in [-0.1, -0.05) is 83.1 Å². The Bertz CT molecular complexity index is 1240. The molecule has 0 bridgehead atoms. The van der Waals surface area contributed by atoms with Crippen molar-refractivity contribution in [1.82, 2.24) is 15.0 Å². The van der Waals surface area contributed by atoms with Crippen molar-refractivity contribution in [2.75, 3.05) is 6.61 Å². The van der Waals surface area contributed by atoms with Gasteiger partial charge in [-0.2, -0.15) is 0 Å². The van der Waals surface area contributed by atoms with Gasteiger partial charge in [0.2, 0.25) is 5.88 Å². The van der Waals surface area contributed by atoms with Crippen LogP contribution in [0.5, 0.6) is 5.88 Å². The first kappa shape index (κ1) is 41.3. The number of hydrogen-bond donors (Lipinski definition) is 0. The van der Waals surface area contributed by atoms with Crippen LogP contribution in [0.2, 0.25) is 0 Å². The van der Waals surface area contributed by atoms with E-state index in [0.29, 0.717) is 47.7 Å². The summed E-state index contributed by atoms with van der Waals surface area (Å²) in [6.07, 6.45) is 10.0. The second-order valence-electron chi connectivity index (χ2n) is 16.7. The average molecular weight is 638 g/mol. The Balaban J connectivity index is 0.000000345. The van der Waals surface area contributed by atoms with Gasteiger partial charge in [-0.05, 0) is 98.4 Å². The van der Waals surface area contributed by atoms with E-state index in [1.807, 2.05) is 18.5 Å².